The van der Waals surface area contributed by atoms with E-state index < -0.39 is 17.7 Å². The number of hydrogen-bond donors (Lipinski definition) is 2. The zero-order valence-electron chi connectivity index (χ0n) is 8.51. The maximum Gasteiger partial charge on any atom is 0.416 e. The van der Waals surface area contributed by atoms with Crippen molar-refractivity contribution in [2.24, 2.45) is 5.73 Å². The van der Waals surface area contributed by atoms with Crippen LogP contribution in [-0.4, -0.2) is 17.6 Å². The first-order chi connectivity index (χ1) is 7.86. The molecule has 3 nitrogen and oxygen atoms in total. The lowest BCUT2D eigenvalue weighted by Gasteiger charge is -2.08. The third-order valence-electron chi connectivity index (χ3n) is 1.90. The van der Waals surface area contributed by atoms with E-state index in [4.69, 9.17) is 10.8 Å². The minimum absolute atomic E-state index is 0.0602. The molecule has 0 saturated carbocycles. The molecule has 0 heterocycles. The Bertz CT molecular complexity index is 498. The predicted octanol–water partition coefficient (Wildman–Crippen LogP) is 1.71. The van der Waals surface area contributed by atoms with Gasteiger partial charge in [0.25, 0.3) is 0 Å². The predicted molar refractivity (Wildman–Crippen MR) is 54.3 cm³/mol. The smallest absolute Gasteiger partial charge is 0.416 e. The lowest BCUT2D eigenvalue weighted by Crippen LogP contribution is -2.08. The van der Waals surface area contributed by atoms with Crippen LogP contribution in [0.4, 0.5) is 13.2 Å². The summed E-state index contributed by atoms with van der Waals surface area (Å²) < 4.78 is 37.2. The number of alkyl halides is 3. The summed E-state index contributed by atoms with van der Waals surface area (Å²) in [5, 5.41) is 8.78. The fraction of sp³-hybridized carbons (Fsp3) is 0.182. The number of hydrogen-bond acceptors (Lipinski definition) is 2. The normalized spacial score (nSPS) is 10.6. The fourth-order valence-corrected chi connectivity index (χ4v) is 1.16. The summed E-state index contributed by atoms with van der Waals surface area (Å²) in [4.78, 5) is 10.8. The molecule has 1 rings (SSSR count). The van der Waals surface area contributed by atoms with E-state index in [1.54, 1.807) is 0 Å². The third-order valence-corrected chi connectivity index (χ3v) is 1.90. The highest BCUT2D eigenvalue weighted by Crippen LogP contribution is 2.30. The highest BCUT2D eigenvalue weighted by Gasteiger charge is 2.31. The van der Waals surface area contributed by atoms with Crippen LogP contribution in [0, 0.1) is 11.8 Å². The Morgan fingerprint density at radius 2 is 2.06 bits per heavy atom. The second kappa shape index (κ2) is 4.89. The van der Waals surface area contributed by atoms with E-state index in [9.17, 15) is 18.0 Å². The Morgan fingerprint density at radius 1 is 1.41 bits per heavy atom. The van der Waals surface area contributed by atoms with E-state index in [1.807, 2.05) is 0 Å². The minimum atomic E-state index is -4.53. The Labute approximate surface area is 95.0 Å². The van der Waals surface area contributed by atoms with Crippen LogP contribution < -0.4 is 5.73 Å². The molecule has 0 radical (unpaired) electrons. The highest BCUT2D eigenvalue weighted by atomic mass is 19.4. The van der Waals surface area contributed by atoms with Crippen LogP contribution in [0.3, 0.4) is 0 Å². The van der Waals surface area contributed by atoms with Gasteiger partial charge in [0.05, 0.1) is 17.7 Å². The number of aromatic carboxylic acids is 1. The molecule has 0 aliphatic carbocycles. The maximum absolute atomic E-state index is 12.4. The zero-order valence-corrected chi connectivity index (χ0v) is 8.51. The van der Waals surface area contributed by atoms with Gasteiger partial charge in [0.2, 0.25) is 0 Å². The summed E-state index contributed by atoms with van der Waals surface area (Å²) in [7, 11) is 0. The molecule has 3 N–H and O–H groups in total. The highest BCUT2D eigenvalue weighted by molar-refractivity contribution is 5.90. The summed E-state index contributed by atoms with van der Waals surface area (Å²) in [5.41, 5.74) is 3.67. The molecule has 17 heavy (non-hydrogen) atoms. The van der Waals surface area contributed by atoms with E-state index in [2.05, 4.69) is 11.8 Å². The van der Waals surface area contributed by atoms with Gasteiger partial charge in [-0.2, -0.15) is 13.2 Å². The van der Waals surface area contributed by atoms with Crippen LogP contribution in [0.15, 0.2) is 18.2 Å². The van der Waals surface area contributed by atoms with E-state index in [0.29, 0.717) is 12.1 Å². The molecular weight excluding hydrogens is 235 g/mol. The van der Waals surface area contributed by atoms with Crippen LogP contribution in [-0.2, 0) is 6.18 Å². The van der Waals surface area contributed by atoms with Gasteiger partial charge in [-0.1, -0.05) is 11.8 Å². The standard InChI is InChI=1S/C11H8F3NO2/c12-11(13,14)8-3-4-9(10(16)17)7(6-8)2-1-5-15/h3-4,6H,5,15H2,(H,16,17). The van der Waals surface area contributed by atoms with Crippen LogP contribution in [0.1, 0.15) is 21.5 Å². The van der Waals surface area contributed by atoms with Gasteiger partial charge in [0.1, 0.15) is 0 Å². The lowest BCUT2D eigenvalue weighted by molar-refractivity contribution is -0.137. The van der Waals surface area contributed by atoms with E-state index in [0.717, 1.165) is 6.07 Å². The number of nitrogens with two attached hydrogens (primary N) is 1. The summed E-state index contributed by atoms with van der Waals surface area (Å²) in [5.74, 6) is 3.30. The first-order valence-corrected chi connectivity index (χ1v) is 4.49. The van der Waals surface area contributed by atoms with Gasteiger partial charge in [-0.15, -0.1) is 0 Å². The van der Waals surface area contributed by atoms with Gasteiger partial charge in [-0.3, -0.25) is 0 Å². The molecule has 6 heteroatoms. The first-order valence-electron chi connectivity index (χ1n) is 4.49. The van der Waals surface area contributed by atoms with Crippen LogP contribution in [0.2, 0.25) is 0 Å². The molecule has 0 atom stereocenters. The van der Waals surface area contributed by atoms with Gasteiger partial charge < -0.3 is 10.8 Å². The molecule has 0 aliphatic heterocycles. The summed E-state index contributed by atoms with van der Waals surface area (Å²) in [6, 6.07) is 2.29. The second-order valence-corrected chi connectivity index (χ2v) is 3.07. The lowest BCUT2D eigenvalue weighted by atomic mass is 10.0. The summed E-state index contributed by atoms with van der Waals surface area (Å²) in [6.07, 6.45) is -4.53. The molecule has 0 bridgehead atoms. The molecule has 90 valence electrons. The first kappa shape index (κ1) is 13.1. The van der Waals surface area contributed by atoms with Crippen molar-refractivity contribution in [2.75, 3.05) is 6.54 Å². The molecular formula is C11H8F3NO2. The van der Waals surface area contributed by atoms with Gasteiger partial charge in [-0.05, 0) is 18.2 Å². The topological polar surface area (TPSA) is 63.3 Å². The fourth-order valence-electron chi connectivity index (χ4n) is 1.16. The van der Waals surface area contributed by atoms with Crippen molar-refractivity contribution < 1.29 is 23.1 Å². The van der Waals surface area contributed by atoms with Crippen molar-refractivity contribution in [1.29, 1.82) is 0 Å². The molecule has 0 fully saturated rings. The Hall–Kier alpha value is -2.00. The van der Waals surface area contributed by atoms with Gasteiger partial charge in [0.15, 0.2) is 0 Å². The minimum Gasteiger partial charge on any atom is -0.478 e. The van der Waals surface area contributed by atoms with Crippen LogP contribution in [0.5, 0.6) is 0 Å². The largest absolute Gasteiger partial charge is 0.478 e. The summed E-state index contributed by atoms with van der Waals surface area (Å²) in [6.45, 7) is -0.0602. The molecule has 1 aromatic rings. The number of carbonyl (C=O) groups is 1. The summed E-state index contributed by atoms with van der Waals surface area (Å²) >= 11 is 0. The van der Waals surface area contributed by atoms with E-state index >= 15 is 0 Å². The molecule has 0 unspecified atom stereocenters. The van der Waals surface area contributed by atoms with Gasteiger partial charge >= 0.3 is 12.1 Å². The van der Waals surface area contributed by atoms with Crippen LogP contribution in [0.25, 0.3) is 0 Å². The number of rotatable bonds is 1. The molecule has 0 amide bonds. The van der Waals surface area contributed by atoms with Gasteiger partial charge in [0, 0.05) is 5.56 Å². The van der Waals surface area contributed by atoms with Crippen molar-refractivity contribution >= 4 is 5.97 Å². The molecule has 0 saturated heterocycles. The monoisotopic (exact) mass is 243 g/mol. The Morgan fingerprint density at radius 3 is 2.53 bits per heavy atom. The Balaban J connectivity index is 3.34. The molecule has 0 aromatic heterocycles. The quantitative estimate of drug-likeness (QED) is 0.738. The number of carboxylic acid groups (broad SMARTS) is 1. The van der Waals surface area contributed by atoms with Crippen LogP contribution >= 0.6 is 0 Å². The zero-order chi connectivity index (χ0) is 13.1. The molecule has 1 aromatic carbocycles. The average molecular weight is 243 g/mol. The van der Waals surface area contributed by atoms with E-state index in [1.165, 1.54) is 0 Å². The molecule has 0 aliphatic rings. The van der Waals surface area contributed by atoms with Crippen molar-refractivity contribution in [3.63, 3.8) is 0 Å². The SMILES string of the molecule is NCC#Cc1cc(C(F)(F)F)ccc1C(=O)O. The molecule has 0 spiro atoms. The van der Waals surface area contributed by atoms with Crippen molar-refractivity contribution in [3.05, 3.63) is 34.9 Å². The van der Waals surface area contributed by atoms with Crippen molar-refractivity contribution in [1.82, 2.24) is 0 Å². The van der Waals surface area contributed by atoms with Crippen molar-refractivity contribution in [3.8, 4) is 11.8 Å². The number of carboxylic acids is 1. The number of halogens is 3. The maximum atomic E-state index is 12.4. The third kappa shape index (κ3) is 3.23. The Kier molecular flexibility index (Phi) is 3.76. The second-order valence-electron chi connectivity index (χ2n) is 3.07. The average Bonchev–Trinajstić information content (AvgIpc) is 2.24. The van der Waals surface area contributed by atoms with Gasteiger partial charge in [-0.25, -0.2) is 4.79 Å². The van der Waals surface area contributed by atoms with E-state index in [-0.39, 0.29) is 17.7 Å². The number of benzene rings is 1. The van der Waals surface area contributed by atoms with Crippen molar-refractivity contribution in [2.45, 2.75) is 6.18 Å².